The second kappa shape index (κ2) is 7.53. The van der Waals surface area contributed by atoms with E-state index < -0.39 is 31.5 Å². The molecule has 22 heavy (non-hydrogen) atoms. The molecule has 0 atom stereocenters. The Labute approximate surface area is 127 Å². The first-order chi connectivity index (χ1) is 10.3. The summed E-state index contributed by atoms with van der Waals surface area (Å²) >= 11 is 0. The van der Waals surface area contributed by atoms with Gasteiger partial charge in [0.25, 0.3) is 5.69 Å². The molecule has 1 rings (SSSR count). The number of nitro benzene ring substituents is 1. The molecule has 0 aromatic heterocycles. The van der Waals surface area contributed by atoms with Crippen LogP contribution in [0.15, 0.2) is 23.1 Å². The molecule has 0 bridgehead atoms. The van der Waals surface area contributed by atoms with E-state index in [0.29, 0.717) is 0 Å². The molecule has 0 fully saturated rings. The summed E-state index contributed by atoms with van der Waals surface area (Å²) < 4.78 is 30.9. The molecule has 118 valence electrons. The number of nitro groups is 1. The second-order valence-corrected chi connectivity index (χ2v) is 5.73. The number of sulfonamides is 1. The first-order valence-corrected chi connectivity index (χ1v) is 7.67. The van der Waals surface area contributed by atoms with Crippen molar-refractivity contribution in [2.24, 2.45) is 0 Å². The first kappa shape index (κ1) is 17.6. The fourth-order valence-electron chi connectivity index (χ4n) is 1.62. The Balaban J connectivity index is 2.97. The van der Waals surface area contributed by atoms with Crippen molar-refractivity contribution in [1.29, 1.82) is 0 Å². The minimum absolute atomic E-state index is 0.161. The molecule has 0 radical (unpaired) electrons. The molecule has 1 aromatic carbocycles. The summed E-state index contributed by atoms with van der Waals surface area (Å²) in [7, 11) is -4.12. The van der Waals surface area contributed by atoms with Gasteiger partial charge in [0, 0.05) is 12.0 Å². The van der Waals surface area contributed by atoms with Gasteiger partial charge in [0.1, 0.15) is 0 Å². The quantitative estimate of drug-likeness (QED) is 0.281. The van der Waals surface area contributed by atoms with Crippen LogP contribution in [0.5, 0.6) is 0 Å². The summed E-state index contributed by atoms with van der Waals surface area (Å²) in [6.45, 7) is 2.85. The smallest absolute Gasteiger partial charge is 0.384 e. The molecule has 1 N–H and O–H groups in total. The van der Waals surface area contributed by atoms with Crippen LogP contribution >= 0.6 is 0 Å². The Kier molecular flexibility index (Phi) is 6.03. The maximum Gasteiger partial charge on any atom is 0.384 e. The summed E-state index contributed by atoms with van der Waals surface area (Å²) in [5.41, 5.74) is -0.286. The molecular formula is C13H14N2O6S. The van der Waals surface area contributed by atoms with Gasteiger partial charge in [-0.05, 0) is 19.4 Å². The van der Waals surface area contributed by atoms with Crippen molar-refractivity contribution < 1.29 is 22.9 Å². The van der Waals surface area contributed by atoms with E-state index in [1.807, 2.05) is 0 Å². The van der Waals surface area contributed by atoms with E-state index in [9.17, 15) is 23.3 Å². The number of benzene rings is 1. The average Bonchev–Trinajstić information content (AvgIpc) is 2.43. The molecule has 0 unspecified atom stereocenters. The summed E-state index contributed by atoms with van der Waals surface area (Å²) in [6, 6.07) is 3.95. The molecular weight excluding hydrogens is 312 g/mol. The molecule has 9 heteroatoms. The highest BCUT2D eigenvalue weighted by Crippen LogP contribution is 2.26. The lowest BCUT2D eigenvalue weighted by Gasteiger charge is -2.07. The van der Waals surface area contributed by atoms with E-state index in [2.05, 4.69) is 21.3 Å². The third-order valence-corrected chi connectivity index (χ3v) is 4.07. The zero-order valence-electron chi connectivity index (χ0n) is 12.0. The summed E-state index contributed by atoms with van der Waals surface area (Å²) in [5, 5.41) is 10.9. The third kappa shape index (κ3) is 4.54. The molecule has 0 spiro atoms. The van der Waals surface area contributed by atoms with Crippen molar-refractivity contribution in [2.45, 2.75) is 18.7 Å². The first-order valence-electron chi connectivity index (χ1n) is 6.19. The largest absolute Gasteiger partial charge is 0.456 e. The highest BCUT2D eigenvalue weighted by Gasteiger charge is 2.27. The van der Waals surface area contributed by atoms with Crippen LogP contribution in [0.2, 0.25) is 0 Å². The van der Waals surface area contributed by atoms with Gasteiger partial charge in [-0.25, -0.2) is 13.2 Å². The van der Waals surface area contributed by atoms with E-state index in [0.717, 1.165) is 6.07 Å². The normalized spacial score (nSPS) is 10.5. The molecule has 0 saturated carbocycles. The number of nitrogens with one attached hydrogen (secondary N) is 1. The standard InChI is InChI=1S/C13H14N2O6S/c1-3-21-12(16)8-5-9-14-22(19,20)13-10(2)6-4-7-11(13)15(17)18/h4,6-7,14H,3,9H2,1-2H3. The molecule has 0 heterocycles. The maximum atomic E-state index is 12.1. The van der Waals surface area contributed by atoms with E-state index in [4.69, 9.17) is 0 Å². The second-order valence-electron chi connectivity index (χ2n) is 4.03. The van der Waals surface area contributed by atoms with Crippen molar-refractivity contribution >= 4 is 21.7 Å². The highest BCUT2D eigenvalue weighted by atomic mass is 32.2. The lowest BCUT2D eigenvalue weighted by molar-refractivity contribution is -0.387. The van der Waals surface area contributed by atoms with Gasteiger partial charge in [0.15, 0.2) is 4.90 Å². The predicted octanol–water partition coefficient (Wildman–Crippen LogP) is 0.748. The summed E-state index contributed by atoms with van der Waals surface area (Å²) in [4.78, 5) is 20.7. The fraction of sp³-hybridized carbons (Fsp3) is 0.308. The molecule has 0 aliphatic carbocycles. The number of carbonyl (C=O) groups is 1. The number of rotatable bonds is 5. The van der Waals surface area contributed by atoms with Gasteiger partial charge >= 0.3 is 5.97 Å². The number of nitrogens with zero attached hydrogens (tertiary/aromatic N) is 1. The highest BCUT2D eigenvalue weighted by molar-refractivity contribution is 7.89. The maximum absolute atomic E-state index is 12.1. The minimum atomic E-state index is -4.12. The Morgan fingerprint density at radius 1 is 1.45 bits per heavy atom. The van der Waals surface area contributed by atoms with Crippen LogP contribution in [0.3, 0.4) is 0 Å². The number of ether oxygens (including phenoxy) is 1. The monoisotopic (exact) mass is 326 g/mol. The Bertz CT molecular complexity index is 746. The Morgan fingerprint density at radius 2 is 2.14 bits per heavy atom. The van der Waals surface area contributed by atoms with E-state index in [-0.39, 0.29) is 18.7 Å². The van der Waals surface area contributed by atoms with Gasteiger partial charge in [-0.1, -0.05) is 18.1 Å². The van der Waals surface area contributed by atoms with Crippen LogP contribution < -0.4 is 4.72 Å². The van der Waals surface area contributed by atoms with Crippen LogP contribution in [0.1, 0.15) is 12.5 Å². The van der Waals surface area contributed by atoms with Gasteiger partial charge in [0.05, 0.1) is 18.1 Å². The Hall–Kier alpha value is -2.44. The molecule has 0 aliphatic rings. The zero-order chi connectivity index (χ0) is 16.8. The van der Waals surface area contributed by atoms with Crippen molar-refractivity contribution in [1.82, 2.24) is 4.72 Å². The molecule has 1 aromatic rings. The molecule has 0 saturated heterocycles. The van der Waals surface area contributed by atoms with Crippen molar-refractivity contribution in [3.8, 4) is 11.8 Å². The van der Waals surface area contributed by atoms with Crippen LogP contribution in [0.4, 0.5) is 5.69 Å². The zero-order valence-corrected chi connectivity index (χ0v) is 12.8. The third-order valence-electron chi connectivity index (χ3n) is 2.47. The van der Waals surface area contributed by atoms with Gasteiger partial charge < -0.3 is 4.74 Å². The van der Waals surface area contributed by atoms with Crippen LogP contribution in [-0.2, 0) is 19.6 Å². The van der Waals surface area contributed by atoms with Crippen LogP contribution in [-0.4, -0.2) is 32.5 Å². The molecule has 0 amide bonds. The topological polar surface area (TPSA) is 116 Å². The lowest BCUT2D eigenvalue weighted by atomic mass is 10.2. The van der Waals surface area contributed by atoms with Gasteiger partial charge in [-0.15, -0.1) is 0 Å². The van der Waals surface area contributed by atoms with Crippen LogP contribution in [0.25, 0.3) is 0 Å². The van der Waals surface area contributed by atoms with Crippen molar-refractivity contribution in [3.05, 3.63) is 33.9 Å². The average molecular weight is 326 g/mol. The van der Waals surface area contributed by atoms with Crippen LogP contribution in [0, 0.1) is 28.9 Å². The fourth-order valence-corrected chi connectivity index (χ4v) is 2.93. The van der Waals surface area contributed by atoms with Crippen molar-refractivity contribution in [3.63, 3.8) is 0 Å². The Morgan fingerprint density at radius 3 is 2.73 bits per heavy atom. The van der Waals surface area contributed by atoms with Gasteiger partial charge in [-0.2, -0.15) is 4.72 Å². The number of esters is 1. The van der Waals surface area contributed by atoms with E-state index in [1.54, 1.807) is 6.92 Å². The SMILES string of the molecule is CCOC(=O)C#CCNS(=O)(=O)c1c(C)cccc1[N+](=O)[O-]. The predicted molar refractivity (Wildman–Crippen MR) is 77.4 cm³/mol. The summed E-state index contributed by atoms with van der Waals surface area (Å²) in [6.07, 6.45) is 0. The number of hydrogen-bond acceptors (Lipinski definition) is 6. The number of carbonyl (C=O) groups excluding carboxylic acids is 1. The number of aryl methyl sites for hydroxylation is 1. The van der Waals surface area contributed by atoms with Crippen molar-refractivity contribution in [2.75, 3.05) is 13.2 Å². The number of hydrogen-bond donors (Lipinski definition) is 1. The lowest BCUT2D eigenvalue weighted by Crippen LogP contribution is -2.25. The molecule has 8 nitrogen and oxygen atoms in total. The molecule has 0 aliphatic heterocycles. The van der Waals surface area contributed by atoms with Gasteiger partial charge in [-0.3, -0.25) is 10.1 Å². The van der Waals surface area contributed by atoms with E-state index >= 15 is 0 Å². The van der Waals surface area contributed by atoms with E-state index in [1.165, 1.54) is 19.1 Å². The summed E-state index contributed by atoms with van der Waals surface area (Å²) in [5.74, 6) is 3.59. The van der Waals surface area contributed by atoms with Gasteiger partial charge in [0.2, 0.25) is 10.0 Å². The minimum Gasteiger partial charge on any atom is -0.456 e.